The van der Waals surface area contributed by atoms with Crippen molar-refractivity contribution in [2.45, 2.75) is 6.54 Å². The zero-order chi connectivity index (χ0) is 13.9. The summed E-state index contributed by atoms with van der Waals surface area (Å²) in [5.41, 5.74) is 1.87. The monoisotopic (exact) mass is 330 g/mol. The fourth-order valence-electron chi connectivity index (χ4n) is 2.01. The molecule has 0 fully saturated rings. The Hall–Kier alpha value is -2.14. The summed E-state index contributed by atoms with van der Waals surface area (Å²) in [5, 5.41) is 3.88. The van der Waals surface area contributed by atoms with E-state index >= 15 is 0 Å². The smallest absolute Gasteiger partial charge is 0.287 e. The van der Waals surface area contributed by atoms with Gasteiger partial charge in [0.25, 0.3) is 5.91 Å². The lowest BCUT2D eigenvalue weighted by Crippen LogP contribution is -2.22. The highest BCUT2D eigenvalue weighted by Gasteiger charge is 2.10. The third-order valence-electron chi connectivity index (χ3n) is 2.95. The van der Waals surface area contributed by atoms with Gasteiger partial charge in [-0.15, -0.1) is 0 Å². The van der Waals surface area contributed by atoms with Crippen molar-refractivity contribution >= 4 is 32.7 Å². The molecule has 0 aliphatic heterocycles. The van der Waals surface area contributed by atoms with E-state index in [1.54, 1.807) is 18.3 Å². The molecule has 0 aliphatic carbocycles. The molecule has 20 heavy (non-hydrogen) atoms. The first-order valence-corrected chi connectivity index (χ1v) is 6.89. The summed E-state index contributed by atoms with van der Waals surface area (Å²) in [5.74, 6) is 0.0358. The zero-order valence-corrected chi connectivity index (χ0v) is 12.1. The molecule has 1 amide bonds. The van der Waals surface area contributed by atoms with Crippen molar-refractivity contribution in [3.63, 3.8) is 0 Å². The number of amides is 1. The maximum Gasteiger partial charge on any atom is 0.287 e. The molecule has 3 aromatic rings. The lowest BCUT2D eigenvalue weighted by atomic mass is 10.1. The van der Waals surface area contributed by atoms with Crippen molar-refractivity contribution in [1.29, 1.82) is 0 Å². The van der Waals surface area contributed by atoms with Gasteiger partial charge in [-0.25, -0.2) is 0 Å². The number of furan rings is 1. The van der Waals surface area contributed by atoms with Crippen LogP contribution >= 0.6 is 15.9 Å². The summed E-state index contributed by atoms with van der Waals surface area (Å²) in [6.07, 6.45) is 1.75. The quantitative estimate of drug-likeness (QED) is 0.799. The van der Waals surface area contributed by atoms with Crippen molar-refractivity contribution in [3.8, 4) is 0 Å². The summed E-state index contributed by atoms with van der Waals surface area (Å²) in [7, 11) is 0. The van der Waals surface area contributed by atoms with Gasteiger partial charge in [0, 0.05) is 18.1 Å². The minimum atomic E-state index is -0.247. The number of para-hydroxylation sites is 1. The number of halogens is 1. The first-order chi connectivity index (χ1) is 9.74. The number of nitrogens with zero attached hydrogens (tertiary/aromatic N) is 1. The lowest BCUT2D eigenvalue weighted by molar-refractivity contribution is 0.0922. The predicted octanol–water partition coefficient (Wildman–Crippen LogP) is 3.52. The van der Waals surface area contributed by atoms with E-state index < -0.39 is 0 Å². The van der Waals surface area contributed by atoms with E-state index in [-0.39, 0.29) is 11.7 Å². The van der Waals surface area contributed by atoms with Crippen LogP contribution in [-0.2, 0) is 6.54 Å². The Balaban J connectivity index is 1.79. The van der Waals surface area contributed by atoms with Crippen LogP contribution in [0.25, 0.3) is 10.9 Å². The van der Waals surface area contributed by atoms with Crippen LogP contribution in [0.2, 0.25) is 0 Å². The summed E-state index contributed by atoms with van der Waals surface area (Å²) < 4.78 is 5.75. The predicted molar refractivity (Wildman–Crippen MR) is 79.3 cm³/mol. The maximum atomic E-state index is 11.9. The van der Waals surface area contributed by atoms with E-state index in [0.717, 1.165) is 16.5 Å². The van der Waals surface area contributed by atoms with Crippen molar-refractivity contribution < 1.29 is 9.21 Å². The highest BCUT2D eigenvalue weighted by molar-refractivity contribution is 9.10. The average Bonchev–Trinajstić information content (AvgIpc) is 2.91. The Morgan fingerprint density at radius 2 is 2.05 bits per heavy atom. The van der Waals surface area contributed by atoms with Crippen LogP contribution in [0, 0.1) is 0 Å². The second-order valence-electron chi connectivity index (χ2n) is 4.28. The number of rotatable bonds is 3. The highest BCUT2D eigenvalue weighted by Crippen LogP contribution is 2.17. The van der Waals surface area contributed by atoms with Gasteiger partial charge in [0.1, 0.15) is 0 Å². The van der Waals surface area contributed by atoms with Crippen molar-refractivity contribution in [3.05, 3.63) is 64.7 Å². The largest absolute Gasteiger partial charge is 0.444 e. The third-order valence-corrected chi connectivity index (χ3v) is 3.38. The number of pyridine rings is 1. The minimum absolute atomic E-state index is 0.247. The standard InChI is InChI=1S/C15H11BrN2O2/c16-13-7-6-12(20-13)15(19)18-9-11-4-1-3-10-5-2-8-17-14(10)11/h1-8H,9H2,(H,18,19). The van der Waals surface area contributed by atoms with Gasteiger partial charge in [-0.1, -0.05) is 24.3 Å². The van der Waals surface area contributed by atoms with Crippen LogP contribution in [0.1, 0.15) is 16.1 Å². The Bertz CT molecular complexity index is 762. The Labute approximate surface area is 123 Å². The molecule has 4 nitrogen and oxygen atoms in total. The Kier molecular flexibility index (Phi) is 3.52. The van der Waals surface area contributed by atoms with Gasteiger partial charge in [0.15, 0.2) is 10.4 Å². The van der Waals surface area contributed by atoms with Crippen molar-refractivity contribution in [1.82, 2.24) is 10.3 Å². The van der Waals surface area contributed by atoms with Crippen LogP contribution in [0.3, 0.4) is 0 Å². The molecule has 0 saturated carbocycles. The van der Waals surface area contributed by atoms with Crippen molar-refractivity contribution in [2.75, 3.05) is 0 Å². The molecule has 0 atom stereocenters. The van der Waals surface area contributed by atoms with Crippen LogP contribution in [0.15, 0.2) is 57.7 Å². The molecule has 100 valence electrons. The molecular formula is C15H11BrN2O2. The van der Waals surface area contributed by atoms with E-state index in [1.165, 1.54) is 0 Å². The average molecular weight is 331 g/mol. The molecule has 1 N–H and O–H groups in total. The first kappa shape index (κ1) is 12.9. The van der Waals surface area contributed by atoms with Crippen LogP contribution < -0.4 is 5.32 Å². The molecule has 2 aromatic heterocycles. The zero-order valence-electron chi connectivity index (χ0n) is 10.5. The van der Waals surface area contributed by atoms with Gasteiger partial charge in [-0.2, -0.15) is 0 Å². The van der Waals surface area contributed by atoms with Crippen molar-refractivity contribution in [2.24, 2.45) is 0 Å². The number of fused-ring (bicyclic) bond motifs is 1. The second kappa shape index (κ2) is 5.46. The number of aromatic nitrogens is 1. The number of nitrogens with one attached hydrogen (secondary N) is 1. The van der Waals surface area contributed by atoms with E-state index in [9.17, 15) is 4.79 Å². The van der Waals surface area contributed by atoms with Crippen LogP contribution in [0.5, 0.6) is 0 Å². The summed E-state index contributed by atoms with van der Waals surface area (Å²) >= 11 is 3.17. The third kappa shape index (κ3) is 2.58. The fourth-order valence-corrected chi connectivity index (χ4v) is 2.32. The second-order valence-corrected chi connectivity index (χ2v) is 5.06. The number of hydrogen-bond donors (Lipinski definition) is 1. The minimum Gasteiger partial charge on any atom is -0.444 e. The molecule has 2 heterocycles. The lowest BCUT2D eigenvalue weighted by Gasteiger charge is -2.06. The molecule has 0 unspecified atom stereocenters. The molecule has 0 aliphatic rings. The molecule has 5 heteroatoms. The van der Waals surface area contributed by atoms with E-state index in [2.05, 4.69) is 26.2 Å². The van der Waals surface area contributed by atoms with Gasteiger partial charge in [0.2, 0.25) is 0 Å². The molecule has 0 radical (unpaired) electrons. The summed E-state index contributed by atoms with van der Waals surface area (Å²) in [6, 6.07) is 13.1. The molecule has 0 saturated heterocycles. The Morgan fingerprint density at radius 1 is 1.20 bits per heavy atom. The first-order valence-electron chi connectivity index (χ1n) is 6.10. The number of carbonyl (C=O) groups is 1. The van der Waals surface area contributed by atoms with Crippen LogP contribution in [0.4, 0.5) is 0 Å². The van der Waals surface area contributed by atoms with E-state index in [0.29, 0.717) is 11.2 Å². The SMILES string of the molecule is O=C(NCc1cccc2cccnc12)c1ccc(Br)o1. The van der Waals surface area contributed by atoms with Gasteiger partial charge in [-0.3, -0.25) is 9.78 Å². The van der Waals surface area contributed by atoms with Gasteiger partial charge >= 0.3 is 0 Å². The van der Waals surface area contributed by atoms with Gasteiger partial charge in [-0.05, 0) is 39.7 Å². The maximum absolute atomic E-state index is 11.9. The summed E-state index contributed by atoms with van der Waals surface area (Å²) in [4.78, 5) is 16.3. The topological polar surface area (TPSA) is 55.1 Å². The number of hydrogen-bond acceptors (Lipinski definition) is 3. The molecule has 0 bridgehead atoms. The molecule has 3 rings (SSSR count). The van der Waals surface area contributed by atoms with E-state index in [1.807, 2.05) is 30.3 Å². The number of benzene rings is 1. The van der Waals surface area contributed by atoms with Gasteiger partial charge < -0.3 is 9.73 Å². The van der Waals surface area contributed by atoms with Gasteiger partial charge in [0.05, 0.1) is 5.52 Å². The molecule has 0 spiro atoms. The summed E-state index contributed by atoms with van der Waals surface area (Å²) in [6.45, 7) is 0.408. The molecular weight excluding hydrogens is 320 g/mol. The Morgan fingerprint density at radius 3 is 2.85 bits per heavy atom. The van der Waals surface area contributed by atoms with Crippen LogP contribution in [-0.4, -0.2) is 10.9 Å². The highest BCUT2D eigenvalue weighted by atomic mass is 79.9. The van der Waals surface area contributed by atoms with E-state index in [4.69, 9.17) is 4.42 Å². The molecule has 1 aromatic carbocycles. The normalized spacial score (nSPS) is 10.7. The fraction of sp³-hybridized carbons (Fsp3) is 0.0667. The number of carbonyl (C=O) groups excluding carboxylic acids is 1.